The van der Waals surface area contributed by atoms with Gasteiger partial charge in [0.2, 0.25) is 0 Å². The van der Waals surface area contributed by atoms with Crippen LogP contribution in [-0.4, -0.2) is 13.1 Å². The van der Waals surface area contributed by atoms with Crippen molar-refractivity contribution in [1.29, 1.82) is 0 Å². The average Bonchev–Trinajstić information content (AvgIpc) is 2.24. The summed E-state index contributed by atoms with van der Waals surface area (Å²) < 4.78 is 0. The van der Waals surface area contributed by atoms with Crippen molar-refractivity contribution in [3.63, 3.8) is 0 Å². The second kappa shape index (κ2) is 7.11. The van der Waals surface area contributed by atoms with Crippen LogP contribution in [0, 0.1) is 0 Å². The van der Waals surface area contributed by atoms with Crippen LogP contribution in [0.2, 0.25) is 0 Å². The van der Waals surface area contributed by atoms with E-state index in [1.165, 1.54) is 32.1 Å². The minimum atomic E-state index is 1.07. The third-order valence-electron chi connectivity index (χ3n) is 2.07. The van der Waals surface area contributed by atoms with Gasteiger partial charge in [0.25, 0.3) is 0 Å². The summed E-state index contributed by atoms with van der Waals surface area (Å²) in [4.78, 5) is 0. The molecule has 68 valence electrons. The summed E-state index contributed by atoms with van der Waals surface area (Å²) >= 11 is 0. The van der Waals surface area contributed by atoms with Gasteiger partial charge in [-0.25, -0.2) is 0 Å². The fraction of sp³-hybridized carbons (Fsp3) is 0.636. The van der Waals surface area contributed by atoms with Gasteiger partial charge in [0.1, 0.15) is 0 Å². The van der Waals surface area contributed by atoms with Crippen molar-refractivity contribution in [2.75, 3.05) is 13.1 Å². The van der Waals surface area contributed by atoms with Gasteiger partial charge in [0, 0.05) is 6.54 Å². The van der Waals surface area contributed by atoms with E-state index in [1.807, 2.05) is 0 Å². The molecule has 0 fully saturated rings. The Kier molecular flexibility index (Phi) is 5.64. The van der Waals surface area contributed by atoms with Gasteiger partial charge >= 0.3 is 0 Å². The third kappa shape index (κ3) is 5.14. The van der Waals surface area contributed by atoms with Gasteiger partial charge in [0.15, 0.2) is 0 Å². The lowest BCUT2D eigenvalue weighted by Crippen LogP contribution is -2.17. The van der Waals surface area contributed by atoms with Gasteiger partial charge in [-0.3, -0.25) is 0 Å². The zero-order valence-corrected chi connectivity index (χ0v) is 7.76. The number of nitrogens with one attached hydrogen (secondary N) is 1. The zero-order chi connectivity index (χ0) is 8.49. The molecule has 0 saturated carbocycles. The molecule has 0 atom stereocenters. The summed E-state index contributed by atoms with van der Waals surface area (Å²) in [5, 5.41) is 3.20. The van der Waals surface area contributed by atoms with Crippen molar-refractivity contribution in [3.05, 3.63) is 24.3 Å². The molecule has 2 rings (SSSR count). The van der Waals surface area contributed by atoms with E-state index in [0.29, 0.717) is 0 Å². The van der Waals surface area contributed by atoms with Gasteiger partial charge in [-0.2, -0.15) is 0 Å². The van der Waals surface area contributed by atoms with Crippen molar-refractivity contribution >= 4 is 0 Å². The highest BCUT2D eigenvalue weighted by Gasteiger charge is 1.87. The maximum atomic E-state index is 3.20. The minimum absolute atomic E-state index is 1.07. The highest BCUT2D eigenvalue weighted by molar-refractivity contribution is 4.88. The molecule has 0 unspecified atom stereocenters. The quantitative estimate of drug-likeness (QED) is 0.544. The molecule has 0 aromatic rings. The van der Waals surface area contributed by atoms with Crippen molar-refractivity contribution in [2.24, 2.45) is 0 Å². The minimum Gasteiger partial charge on any atom is -0.313 e. The van der Waals surface area contributed by atoms with Gasteiger partial charge in [0.05, 0.1) is 0 Å². The Morgan fingerprint density at radius 2 is 1.42 bits per heavy atom. The van der Waals surface area contributed by atoms with Crippen LogP contribution >= 0.6 is 0 Å². The van der Waals surface area contributed by atoms with Crippen molar-refractivity contribution in [1.82, 2.24) is 5.32 Å². The van der Waals surface area contributed by atoms with E-state index in [4.69, 9.17) is 0 Å². The smallest absolute Gasteiger partial charge is 0.0135 e. The Morgan fingerprint density at radius 3 is 1.58 bits per heavy atom. The highest BCUT2D eigenvalue weighted by atomic mass is 14.8. The van der Waals surface area contributed by atoms with Crippen molar-refractivity contribution < 1.29 is 0 Å². The Balaban J connectivity index is 0.000000120. The van der Waals surface area contributed by atoms with Crippen LogP contribution in [0.1, 0.15) is 32.1 Å². The Hall–Kier alpha value is -0.560. The van der Waals surface area contributed by atoms with Crippen LogP contribution in [0.4, 0.5) is 0 Å². The predicted octanol–water partition coefficient (Wildman–Crippen LogP) is 2.65. The van der Waals surface area contributed by atoms with Crippen LogP contribution in [0.3, 0.4) is 0 Å². The molecule has 0 bridgehead atoms. The normalized spacial score (nSPS) is 21.3. The lowest BCUT2D eigenvalue weighted by Gasteiger charge is -2.01. The first-order valence-electron chi connectivity index (χ1n) is 5.01. The average molecular weight is 165 g/mol. The fourth-order valence-corrected chi connectivity index (χ4v) is 1.33. The van der Waals surface area contributed by atoms with Crippen molar-refractivity contribution in [2.45, 2.75) is 32.1 Å². The second-order valence-electron chi connectivity index (χ2n) is 3.22. The number of allylic oxidation sites excluding steroid dienone is 2. The summed E-state index contributed by atoms with van der Waals surface area (Å²) in [6.45, 7) is 2.23. The molecule has 0 spiro atoms. The van der Waals surface area contributed by atoms with Gasteiger partial charge in [-0.15, -0.1) is 0 Å². The largest absolute Gasteiger partial charge is 0.313 e. The number of hydrogen-bond donors (Lipinski definition) is 1. The summed E-state index contributed by atoms with van der Waals surface area (Å²) in [5.41, 5.74) is 0. The van der Waals surface area contributed by atoms with E-state index in [2.05, 4.69) is 29.6 Å². The maximum Gasteiger partial charge on any atom is 0.0135 e. The standard InChI is InChI=1S/C6H10.C5H9N/c2*1-2-4-6-5-3-1/h1-2H,3-6H2;1-2,6H,3-5H2. The topological polar surface area (TPSA) is 12.0 Å². The van der Waals surface area contributed by atoms with Gasteiger partial charge in [-0.1, -0.05) is 24.3 Å². The molecule has 0 radical (unpaired) electrons. The third-order valence-corrected chi connectivity index (χ3v) is 2.07. The summed E-state index contributed by atoms with van der Waals surface area (Å²) in [5.74, 6) is 0. The molecule has 0 aromatic carbocycles. The zero-order valence-electron chi connectivity index (χ0n) is 7.76. The molecule has 2 aliphatic rings. The van der Waals surface area contributed by atoms with Gasteiger partial charge < -0.3 is 5.32 Å². The lowest BCUT2D eigenvalue weighted by molar-refractivity contribution is 0.728. The van der Waals surface area contributed by atoms with E-state index in [-0.39, 0.29) is 0 Å². The first-order chi connectivity index (χ1) is 6.00. The fourth-order valence-electron chi connectivity index (χ4n) is 1.33. The Bertz CT molecular complexity index is 113. The Labute approximate surface area is 75.6 Å². The molecule has 0 saturated heterocycles. The van der Waals surface area contributed by atoms with E-state index < -0.39 is 0 Å². The second-order valence-corrected chi connectivity index (χ2v) is 3.22. The van der Waals surface area contributed by atoms with Crippen molar-refractivity contribution in [3.8, 4) is 0 Å². The van der Waals surface area contributed by atoms with Crippen LogP contribution in [0.25, 0.3) is 0 Å². The molecular weight excluding hydrogens is 146 g/mol. The maximum absolute atomic E-state index is 3.20. The molecule has 1 N–H and O–H groups in total. The number of hydrogen-bond acceptors (Lipinski definition) is 1. The summed E-state index contributed by atoms with van der Waals surface area (Å²) in [6, 6.07) is 0. The molecule has 1 aliphatic heterocycles. The lowest BCUT2D eigenvalue weighted by atomic mass is 10.1. The molecular formula is C11H19N. The van der Waals surface area contributed by atoms with Crippen LogP contribution in [-0.2, 0) is 0 Å². The molecule has 1 nitrogen and oxygen atoms in total. The molecule has 12 heavy (non-hydrogen) atoms. The van der Waals surface area contributed by atoms with E-state index in [1.54, 1.807) is 0 Å². The first kappa shape index (κ1) is 9.53. The molecule has 0 aromatic heterocycles. The Morgan fingerprint density at radius 1 is 0.750 bits per heavy atom. The SMILES string of the molecule is C1=CCCCC1.C1=CCNCC1. The number of rotatable bonds is 0. The summed E-state index contributed by atoms with van der Waals surface area (Å²) in [6.07, 6.45) is 15.6. The highest BCUT2D eigenvalue weighted by Crippen LogP contribution is 2.07. The molecule has 1 heterocycles. The summed E-state index contributed by atoms with van der Waals surface area (Å²) in [7, 11) is 0. The van der Waals surface area contributed by atoms with Gasteiger partial charge in [-0.05, 0) is 38.6 Å². The van der Waals surface area contributed by atoms with Crippen LogP contribution < -0.4 is 5.32 Å². The molecule has 1 heteroatoms. The first-order valence-corrected chi connectivity index (χ1v) is 5.01. The van der Waals surface area contributed by atoms with Crippen LogP contribution in [0.5, 0.6) is 0 Å². The van der Waals surface area contributed by atoms with Crippen LogP contribution in [0.15, 0.2) is 24.3 Å². The molecule has 0 amide bonds. The van der Waals surface area contributed by atoms with E-state index in [9.17, 15) is 0 Å². The van der Waals surface area contributed by atoms with E-state index in [0.717, 1.165) is 13.1 Å². The monoisotopic (exact) mass is 165 g/mol. The molecule has 1 aliphatic carbocycles. The van der Waals surface area contributed by atoms with E-state index >= 15 is 0 Å². The predicted molar refractivity (Wildman–Crippen MR) is 54.2 cm³/mol.